The van der Waals surface area contributed by atoms with Crippen LogP contribution in [0.3, 0.4) is 0 Å². The molecule has 0 bridgehead atoms. The van der Waals surface area contributed by atoms with Crippen LogP contribution >= 0.6 is 11.6 Å². The summed E-state index contributed by atoms with van der Waals surface area (Å²) < 4.78 is 5.79. The van der Waals surface area contributed by atoms with Gasteiger partial charge in [0.1, 0.15) is 5.75 Å². The minimum Gasteiger partial charge on any atom is -0.454 e. The number of ether oxygens (including phenoxy) is 1. The molecule has 0 aromatic heterocycles. The highest BCUT2D eigenvalue weighted by Gasteiger charge is 2.16. The smallest absolute Gasteiger partial charge is 0.322 e. The predicted octanol–water partition coefficient (Wildman–Crippen LogP) is 3.98. The van der Waals surface area contributed by atoms with Crippen LogP contribution in [0.2, 0.25) is 5.02 Å². The van der Waals surface area contributed by atoms with Gasteiger partial charge < -0.3 is 20.1 Å². The number of aliphatic hydroxyl groups is 1. The van der Waals surface area contributed by atoms with Gasteiger partial charge in [0, 0.05) is 7.05 Å². The zero-order chi connectivity index (χ0) is 16.8. The Balaban J connectivity index is 2.18. The molecule has 2 amide bonds. The number of amides is 2. The van der Waals surface area contributed by atoms with E-state index >= 15 is 0 Å². The first kappa shape index (κ1) is 17.1. The van der Waals surface area contributed by atoms with Gasteiger partial charge in [-0.25, -0.2) is 4.79 Å². The maximum absolute atomic E-state index is 12.2. The molecule has 1 atom stereocenters. The van der Waals surface area contributed by atoms with Gasteiger partial charge in [-0.3, -0.25) is 0 Å². The van der Waals surface area contributed by atoms with E-state index in [0.29, 0.717) is 22.2 Å². The van der Waals surface area contributed by atoms with Crippen molar-refractivity contribution in [3.63, 3.8) is 0 Å². The lowest BCUT2D eigenvalue weighted by molar-refractivity contribution is 0.166. The summed E-state index contributed by atoms with van der Waals surface area (Å²) in [5, 5.41) is 12.4. The third-order valence-corrected chi connectivity index (χ3v) is 3.74. The summed E-state index contributed by atoms with van der Waals surface area (Å²) in [5.74, 6) is 0.993. The molecule has 2 aromatic rings. The van der Waals surface area contributed by atoms with E-state index in [2.05, 4.69) is 5.32 Å². The average Bonchev–Trinajstić information content (AvgIpc) is 2.57. The van der Waals surface area contributed by atoms with Crippen LogP contribution in [0.15, 0.2) is 48.5 Å². The molecule has 0 spiro atoms. The second kappa shape index (κ2) is 7.85. The summed E-state index contributed by atoms with van der Waals surface area (Å²) in [5.41, 5.74) is 0.523. The molecule has 0 radical (unpaired) electrons. The van der Waals surface area contributed by atoms with Crippen LogP contribution in [0.5, 0.6) is 11.5 Å². The fraction of sp³-hybridized carbons (Fsp3) is 0.235. The molecule has 0 fully saturated rings. The normalized spacial score (nSPS) is 11.7. The van der Waals surface area contributed by atoms with E-state index in [0.717, 1.165) is 0 Å². The average molecular weight is 335 g/mol. The number of urea groups is 1. The molecule has 0 heterocycles. The first-order valence-corrected chi connectivity index (χ1v) is 7.56. The van der Waals surface area contributed by atoms with Crippen molar-refractivity contribution in [1.29, 1.82) is 0 Å². The fourth-order valence-electron chi connectivity index (χ4n) is 1.83. The number of nitrogens with one attached hydrogen (secondary N) is 1. The minimum absolute atomic E-state index is 0.109. The SMILES string of the molecule is CC(CO)N(C)C(=O)Nc1ccccc1Oc1ccccc1Cl. The van der Waals surface area contributed by atoms with Crippen LogP contribution in [0.1, 0.15) is 6.92 Å². The topological polar surface area (TPSA) is 61.8 Å². The van der Waals surface area contributed by atoms with E-state index in [4.69, 9.17) is 21.4 Å². The number of benzene rings is 2. The van der Waals surface area contributed by atoms with Crippen LogP contribution in [-0.4, -0.2) is 35.7 Å². The Hall–Kier alpha value is -2.24. The molecule has 2 N–H and O–H groups in total. The Morgan fingerprint density at radius 2 is 1.83 bits per heavy atom. The molecule has 1 unspecified atom stereocenters. The van der Waals surface area contributed by atoms with E-state index in [-0.39, 0.29) is 18.7 Å². The molecular formula is C17H19ClN2O3. The standard InChI is InChI=1S/C17H19ClN2O3/c1-12(11-21)20(2)17(22)19-14-8-4-6-10-16(14)23-15-9-5-3-7-13(15)18/h3-10,12,21H,11H2,1-2H3,(H,19,22). The lowest BCUT2D eigenvalue weighted by Gasteiger charge is -2.24. The molecule has 2 rings (SSSR count). The Morgan fingerprint density at radius 3 is 2.48 bits per heavy atom. The first-order valence-electron chi connectivity index (χ1n) is 7.19. The van der Waals surface area contributed by atoms with Crippen molar-refractivity contribution in [2.24, 2.45) is 0 Å². The summed E-state index contributed by atoms with van der Waals surface area (Å²) in [6, 6.07) is 13.6. The van der Waals surface area contributed by atoms with Crippen molar-refractivity contribution in [1.82, 2.24) is 4.90 Å². The molecule has 0 saturated carbocycles. The summed E-state index contributed by atoms with van der Waals surface area (Å²) >= 11 is 6.09. The number of hydrogen-bond acceptors (Lipinski definition) is 3. The number of carbonyl (C=O) groups excluding carboxylic acids is 1. The molecule has 5 nitrogen and oxygen atoms in total. The highest BCUT2D eigenvalue weighted by atomic mass is 35.5. The third kappa shape index (κ3) is 4.37. The Kier molecular flexibility index (Phi) is 5.84. The van der Waals surface area contributed by atoms with Crippen molar-refractivity contribution in [2.75, 3.05) is 19.0 Å². The number of anilines is 1. The number of para-hydroxylation sites is 3. The quantitative estimate of drug-likeness (QED) is 0.869. The number of hydrogen-bond donors (Lipinski definition) is 2. The molecule has 0 aliphatic rings. The van der Waals surface area contributed by atoms with Gasteiger partial charge in [0.25, 0.3) is 0 Å². The van der Waals surface area contributed by atoms with Crippen LogP contribution in [0.4, 0.5) is 10.5 Å². The van der Waals surface area contributed by atoms with Gasteiger partial charge in [-0.2, -0.15) is 0 Å². The summed E-state index contributed by atoms with van der Waals surface area (Å²) in [7, 11) is 1.62. The predicted molar refractivity (Wildman–Crippen MR) is 91.3 cm³/mol. The van der Waals surface area contributed by atoms with Gasteiger partial charge in [-0.15, -0.1) is 0 Å². The van der Waals surface area contributed by atoms with Gasteiger partial charge in [-0.1, -0.05) is 35.9 Å². The highest BCUT2D eigenvalue weighted by Crippen LogP contribution is 2.33. The molecule has 23 heavy (non-hydrogen) atoms. The number of rotatable bonds is 5. The number of carbonyl (C=O) groups is 1. The second-order valence-corrected chi connectivity index (χ2v) is 5.51. The van der Waals surface area contributed by atoms with E-state index in [1.165, 1.54) is 4.90 Å². The second-order valence-electron chi connectivity index (χ2n) is 5.10. The van der Waals surface area contributed by atoms with Crippen molar-refractivity contribution >= 4 is 23.3 Å². The van der Waals surface area contributed by atoms with Crippen LogP contribution in [-0.2, 0) is 0 Å². The van der Waals surface area contributed by atoms with Crippen molar-refractivity contribution in [2.45, 2.75) is 13.0 Å². The van der Waals surface area contributed by atoms with E-state index in [1.54, 1.807) is 44.3 Å². The summed E-state index contributed by atoms with van der Waals surface area (Å²) in [6.07, 6.45) is 0. The Bertz CT molecular complexity index is 678. The lowest BCUT2D eigenvalue weighted by Crippen LogP contribution is -2.40. The van der Waals surface area contributed by atoms with Crippen molar-refractivity contribution in [3.8, 4) is 11.5 Å². The van der Waals surface area contributed by atoms with Crippen molar-refractivity contribution in [3.05, 3.63) is 53.6 Å². The molecule has 6 heteroatoms. The highest BCUT2D eigenvalue weighted by molar-refractivity contribution is 6.32. The van der Waals surface area contributed by atoms with E-state index < -0.39 is 0 Å². The number of halogens is 1. The van der Waals surface area contributed by atoms with Crippen molar-refractivity contribution < 1.29 is 14.6 Å². The fourth-order valence-corrected chi connectivity index (χ4v) is 2.01. The van der Waals surface area contributed by atoms with Crippen LogP contribution in [0.25, 0.3) is 0 Å². The van der Waals surface area contributed by atoms with Gasteiger partial charge in [0.15, 0.2) is 5.75 Å². The number of nitrogens with zero attached hydrogens (tertiary/aromatic N) is 1. The Labute approximate surface area is 140 Å². The Morgan fingerprint density at radius 1 is 1.22 bits per heavy atom. The first-order chi connectivity index (χ1) is 11.0. The van der Waals surface area contributed by atoms with Gasteiger partial charge in [0.05, 0.1) is 23.4 Å². The molecular weight excluding hydrogens is 316 g/mol. The number of aliphatic hydroxyl groups excluding tert-OH is 1. The third-order valence-electron chi connectivity index (χ3n) is 3.43. The van der Waals surface area contributed by atoms with E-state index in [1.807, 2.05) is 18.2 Å². The maximum atomic E-state index is 12.2. The lowest BCUT2D eigenvalue weighted by atomic mass is 10.3. The zero-order valence-corrected chi connectivity index (χ0v) is 13.7. The largest absolute Gasteiger partial charge is 0.454 e. The van der Waals surface area contributed by atoms with Gasteiger partial charge >= 0.3 is 6.03 Å². The zero-order valence-electron chi connectivity index (χ0n) is 13.0. The molecule has 0 saturated heterocycles. The minimum atomic E-state index is -0.332. The summed E-state index contributed by atoms with van der Waals surface area (Å²) in [4.78, 5) is 13.6. The van der Waals surface area contributed by atoms with E-state index in [9.17, 15) is 4.79 Å². The van der Waals surface area contributed by atoms with Gasteiger partial charge in [-0.05, 0) is 31.2 Å². The molecule has 0 aliphatic carbocycles. The molecule has 122 valence electrons. The summed E-state index contributed by atoms with van der Waals surface area (Å²) in [6.45, 7) is 1.65. The van der Waals surface area contributed by atoms with Gasteiger partial charge in [0.2, 0.25) is 0 Å². The van der Waals surface area contributed by atoms with Crippen LogP contribution < -0.4 is 10.1 Å². The monoisotopic (exact) mass is 334 g/mol. The molecule has 0 aliphatic heterocycles. The maximum Gasteiger partial charge on any atom is 0.322 e. The van der Waals surface area contributed by atoms with Crippen LogP contribution in [0, 0.1) is 0 Å². The molecule has 2 aromatic carbocycles. The number of likely N-dealkylation sites (N-methyl/N-ethyl adjacent to an activating group) is 1.